The Balaban J connectivity index is 2.45. The van der Waals surface area contributed by atoms with Crippen LogP contribution in [-0.4, -0.2) is 36.0 Å². The van der Waals surface area contributed by atoms with Crippen LogP contribution >= 0.6 is 11.6 Å². The average molecular weight is 230 g/mol. The Morgan fingerprint density at radius 3 is 2.57 bits per heavy atom. The van der Waals surface area contributed by atoms with Crippen molar-refractivity contribution in [1.29, 1.82) is 0 Å². The summed E-state index contributed by atoms with van der Waals surface area (Å²) in [7, 11) is 0. The minimum atomic E-state index is -4.18. The second-order valence-corrected chi connectivity index (χ2v) is 3.68. The molecule has 0 aromatic carbocycles. The maximum atomic E-state index is 12.2. The van der Waals surface area contributed by atoms with Crippen molar-refractivity contribution in [1.82, 2.24) is 4.90 Å². The van der Waals surface area contributed by atoms with Crippen molar-refractivity contribution in [3.8, 4) is 0 Å². The SMILES string of the molecule is O=C(CCCl)N1CC[C@@H](C(F)(F)F)C1. The Labute approximate surface area is 85.0 Å². The first-order valence-electron chi connectivity index (χ1n) is 4.35. The van der Waals surface area contributed by atoms with Gasteiger partial charge in [-0.3, -0.25) is 4.79 Å². The summed E-state index contributed by atoms with van der Waals surface area (Å²) in [6.45, 7) is -0.0148. The van der Waals surface area contributed by atoms with E-state index in [0.717, 1.165) is 0 Å². The monoisotopic (exact) mass is 229 g/mol. The van der Waals surface area contributed by atoms with Gasteiger partial charge in [0.2, 0.25) is 5.91 Å². The zero-order valence-electron chi connectivity index (χ0n) is 7.48. The normalized spacial score (nSPS) is 22.9. The topological polar surface area (TPSA) is 20.3 Å². The molecule has 1 saturated heterocycles. The van der Waals surface area contributed by atoms with E-state index in [-0.39, 0.29) is 37.7 Å². The van der Waals surface area contributed by atoms with Crippen LogP contribution in [0.5, 0.6) is 0 Å². The highest BCUT2D eigenvalue weighted by atomic mass is 35.5. The van der Waals surface area contributed by atoms with Crippen LogP contribution in [0.2, 0.25) is 0 Å². The summed E-state index contributed by atoms with van der Waals surface area (Å²) in [6.07, 6.45) is -4.06. The highest BCUT2D eigenvalue weighted by Gasteiger charge is 2.44. The number of likely N-dealkylation sites (tertiary alicyclic amines) is 1. The lowest BCUT2D eigenvalue weighted by molar-refractivity contribution is -0.171. The smallest absolute Gasteiger partial charge is 0.342 e. The Hall–Kier alpha value is -0.450. The molecular weight excluding hydrogens is 219 g/mol. The summed E-state index contributed by atoms with van der Waals surface area (Å²) in [5.74, 6) is -1.49. The first-order valence-corrected chi connectivity index (χ1v) is 4.89. The molecule has 0 unspecified atom stereocenters. The number of nitrogens with zero attached hydrogens (tertiary/aromatic N) is 1. The fourth-order valence-corrected chi connectivity index (χ4v) is 1.65. The van der Waals surface area contributed by atoms with Gasteiger partial charge in [0.05, 0.1) is 5.92 Å². The van der Waals surface area contributed by atoms with Gasteiger partial charge in [0.15, 0.2) is 0 Å². The fraction of sp³-hybridized carbons (Fsp3) is 0.875. The average Bonchev–Trinajstić information content (AvgIpc) is 2.51. The number of hydrogen-bond acceptors (Lipinski definition) is 1. The summed E-state index contributed by atoms with van der Waals surface area (Å²) < 4.78 is 36.7. The number of amides is 1. The first-order chi connectivity index (χ1) is 6.45. The molecule has 1 amide bonds. The van der Waals surface area contributed by atoms with E-state index in [1.807, 2.05) is 0 Å². The third-order valence-electron chi connectivity index (χ3n) is 2.31. The van der Waals surface area contributed by atoms with E-state index in [0.29, 0.717) is 0 Å². The van der Waals surface area contributed by atoms with E-state index in [1.54, 1.807) is 0 Å². The van der Waals surface area contributed by atoms with Gasteiger partial charge in [0, 0.05) is 25.4 Å². The molecule has 0 aromatic heterocycles. The molecule has 1 aliphatic heterocycles. The predicted octanol–water partition coefficient (Wildman–Crippen LogP) is 2.03. The molecule has 0 N–H and O–H groups in total. The highest BCUT2D eigenvalue weighted by Crippen LogP contribution is 2.33. The van der Waals surface area contributed by atoms with Gasteiger partial charge < -0.3 is 4.90 Å². The number of hydrogen-bond donors (Lipinski definition) is 0. The van der Waals surface area contributed by atoms with Gasteiger partial charge in [0.25, 0.3) is 0 Å². The Morgan fingerprint density at radius 2 is 2.14 bits per heavy atom. The second kappa shape index (κ2) is 4.38. The predicted molar refractivity (Wildman–Crippen MR) is 46.1 cm³/mol. The summed E-state index contributed by atoms with van der Waals surface area (Å²) in [6, 6.07) is 0. The van der Waals surface area contributed by atoms with E-state index < -0.39 is 12.1 Å². The molecule has 1 rings (SSSR count). The molecule has 0 radical (unpaired) electrons. The number of carbonyl (C=O) groups excluding carboxylic acids is 1. The van der Waals surface area contributed by atoms with E-state index in [4.69, 9.17) is 11.6 Å². The van der Waals surface area contributed by atoms with Gasteiger partial charge in [-0.15, -0.1) is 11.6 Å². The van der Waals surface area contributed by atoms with Gasteiger partial charge in [-0.2, -0.15) is 13.2 Å². The maximum Gasteiger partial charge on any atom is 0.393 e. The van der Waals surface area contributed by atoms with Crippen molar-refractivity contribution in [3.63, 3.8) is 0 Å². The molecule has 6 heteroatoms. The Bertz CT molecular complexity index is 219. The van der Waals surface area contributed by atoms with Crippen LogP contribution in [0.25, 0.3) is 0 Å². The lowest BCUT2D eigenvalue weighted by atomic mass is 10.1. The zero-order chi connectivity index (χ0) is 10.8. The van der Waals surface area contributed by atoms with Gasteiger partial charge in [-0.25, -0.2) is 0 Å². The van der Waals surface area contributed by atoms with Gasteiger partial charge in [0.1, 0.15) is 0 Å². The summed E-state index contributed by atoms with van der Waals surface area (Å²) in [4.78, 5) is 12.4. The summed E-state index contributed by atoms with van der Waals surface area (Å²) in [5, 5.41) is 0. The van der Waals surface area contributed by atoms with Gasteiger partial charge in [-0.1, -0.05) is 0 Å². The molecular formula is C8H11ClF3NO. The van der Waals surface area contributed by atoms with Crippen molar-refractivity contribution in [2.75, 3.05) is 19.0 Å². The molecule has 1 aliphatic rings. The third-order valence-corrected chi connectivity index (χ3v) is 2.50. The van der Waals surface area contributed by atoms with Crippen LogP contribution in [0.1, 0.15) is 12.8 Å². The van der Waals surface area contributed by atoms with E-state index in [9.17, 15) is 18.0 Å². The lowest BCUT2D eigenvalue weighted by Crippen LogP contribution is -2.31. The Morgan fingerprint density at radius 1 is 1.50 bits per heavy atom. The number of halogens is 4. The fourth-order valence-electron chi connectivity index (χ4n) is 1.49. The molecule has 0 aromatic rings. The van der Waals surface area contributed by atoms with Crippen LogP contribution < -0.4 is 0 Å². The molecule has 14 heavy (non-hydrogen) atoms. The first kappa shape index (κ1) is 11.6. The lowest BCUT2D eigenvalue weighted by Gasteiger charge is -2.17. The van der Waals surface area contributed by atoms with Gasteiger partial charge >= 0.3 is 6.18 Å². The minimum absolute atomic E-state index is 0.0114. The van der Waals surface area contributed by atoms with Crippen LogP contribution in [-0.2, 0) is 4.79 Å². The molecule has 0 bridgehead atoms. The minimum Gasteiger partial charge on any atom is -0.342 e. The van der Waals surface area contributed by atoms with Crippen LogP contribution in [0.4, 0.5) is 13.2 Å². The standard InChI is InChI=1S/C8H11ClF3NO/c9-3-1-7(14)13-4-2-6(5-13)8(10,11)12/h6H,1-5H2/t6-/m1/s1. The second-order valence-electron chi connectivity index (χ2n) is 3.31. The third kappa shape index (κ3) is 2.77. The van der Waals surface area contributed by atoms with E-state index in [1.165, 1.54) is 4.90 Å². The summed E-state index contributed by atoms with van der Waals surface area (Å²) >= 11 is 5.33. The molecule has 1 atom stereocenters. The molecule has 0 aliphatic carbocycles. The maximum absolute atomic E-state index is 12.2. The molecule has 1 heterocycles. The van der Waals surface area contributed by atoms with Crippen molar-refractivity contribution in [3.05, 3.63) is 0 Å². The van der Waals surface area contributed by atoms with Crippen LogP contribution in [0, 0.1) is 5.92 Å². The zero-order valence-corrected chi connectivity index (χ0v) is 8.24. The molecule has 1 fully saturated rings. The number of alkyl halides is 4. The van der Waals surface area contributed by atoms with Crippen LogP contribution in [0.15, 0.2) is 0 Å². The highest BCUT2D eigenvalue weighted by molar-refractivity contribution is 6.18. The number of carbonyl (C=O) groups is 1. The van der Waals surface area contributed by atoms with Crippen molar-refractivity contribution >= 4 is 17.5 Å². The largest absolute Gasteiger partial charge is 0.393 e. The molecule has 0 spiro atoms. The van der Waals surface area contributed by atoms with E-state index in [2.05, 4.69) is 0 Å². The van der Waals surface area contributed by atoms with Crippen molar-refractivity contribution in [2.45, 2.75) is 19.0 Å². The van der Waals surface area contributed by atoms with E-state index >= 15 is 0 Å². The quantitative estimate of drug-likeness (QED) is 0.664. The molecule has 2 nitrogen and oxygen atoms in total. The summed E-state index contributed by atoms with van der Waals surface area (Å²) in [5.41, 5.74) is 0. The molecule has 0 saturated carbocycles. The van der Waals surface area contributed by atoms with Crippen LogP contribution in [0.3, 0.4) is 0 Å². The van der Waals surface area contributed by atoms with Crippen molar-refractivity contribution in [2.24, 2.45) is 5.92 Å². The Kier molecular flexibility index (Phi) is 3.64. The molecule has 82 valence electrons. The van der Waals surface area contributed by atoms with Crippen molar-refractivity contribution < 1.29 is 18.0 Å². The van der Waals surface area contributed by atoms with Gasteiger partial charge in [-0.05, 0) is 6.42 Å². The number of rotatable bonds is 2.